The van der Waals surface area contributed by atoms with Gasteiger partial charge < -0.3 is 10.4 Å². The van der Waals surface area contributed by atoms with Gasteiger partial charge in [0, 0.05) is 11.6 Å². The SMILES string of the molecule is Cc1cc(F)c(C(C)NCC2CCC(O)CC2)cc1F. The fraction of sp³-hybridized carbons (Fsp3) is 0.625. The molecule has 112 valence electrons. The molecule has 4 heteroatoms. The molecule has 2 N–H and O–H groups in total. The van der Waals surface area contributed by atoms with Gasteiger partial charge in [0.15, 0.2) is 0 Å². The molecule has 1 atom stereocenters. The minimum absolute atomic E-state index is 0.160. The topological polar surface area (TPSA) is 32.3 Å². The van der Waals surface area contributed by atoms with Gasteiger partial charge >= 0.3 is 0 Å². The van der Waals surface area contributed by atoms with Crippen LogP contribution in [0.3, 0.4) is 0 Å². The predicted molar refractivity (Wildman–Crippen MR) is 75.5 cm³/mol. The molecule has 2 nitrogen and oxygen atoms in total. The molecule has 1 aromatic rings. The van der Waals surface area contributed by atoms with Gasteiger partial charge in [0.2, 0.25) is 0 Å². The highest BCUT2D eigenvalue weighted by molar-refractivity contribution is 5.27. The van der Waals surface area contributed by atoms with Gasteiger partial charge in [-0.2, -0.15) is 0 Å². The fourth-order valence-corrected chi connectivity index (χ4v) is 2.80. The zero-order chi connectivity index (χ0) is 14.7. The van der Waals surface area contributed by atoms with E-state index in [1.54, 1.807) is 6.92 Å². The smallest absolute Gasteiger partial charge is 0.128 e. The Bertz CT molecular complexity index is 456. The zero-order valence-electron chi connectivity index (χ0n) is 12.1. The van der Waals surface area contributed by atoms with E-state index in [1.807, 2.05) is 6.92 Å². The van der Waals surface area contributed by atoms with E-state index in [1.165, 1.54) is 12.1 Å². The van der Waals surface area contributed by atoms with Crippen LogP contribution < -0.4 is 5.32 Å². The summed E-state index contributed by atoms with van der Waals surface area (Å²) in [6, 6.07) is 2.32. The monoisotopic (exact) mass is 283 g/mol. The van der Waals surface area contributed by atoms with Gasteiger partial charge in [-0.3, -0.25) is 0 Å². The summed E-state index contributed by atoms with van der Waals surface area (Å²) in [5, 5.41) is 12.7. The largest absolute Gasteiger partial charge is 0.393 e. The van der Waals surface area contributed by atoms with E-state index in [0.717, 1.165) is 32.2 Å². The first-order valence-electron chi connectivity index (χ1n) is 7.34. The molecule has 1 aromatic carbocycles. The molecule has 0 aliphatic heterocycles. The number of hydrogen-bond donors (Lipinski definition) is 2. The average molecular weight is 283 g/mol. The maximum Gasteiger partial charge on any atom is 0.128 e. The molecule has 0 aromatic heterocycles. The van der Waals surface area contributed by atoms with Crippen molar-refractivity contribution in [2.75, 3.05) is 6.54 Å². The number of halogens is 2. The van der Waals surface area contributed by atoms with E-state index in [2.05, 4.69) is 5.32 Å². The van der Waals surface area contributed by atoms with Crippen LogP contribution in [0, 0.1) is 24.5 Å². The molecule has 1 fully saturated rings. The molecule has 20 heavy (non-hydrogen) atoms. The third-order valence-electron chi connectivity index (χ3n) is 4.27. The predicted octanol–water partition coefficient (Wildman–Crippen LogP) is 3.47. The molecule has 0 spiro atoms. The Morgan fingerprint density at radius 1 is 1.20 bits per heavy atom. The highest BCUT2D eigenvalue weighted by Gasteiger charge is 2.20. The van der Waals surface area contributed by atoms with Crippen molar-refractivity contribution in [3.63, 3.8) is 0 Å². The van der Waals surface area contributed by atoms with Crippen molar-refractivity contribution in [1.82, 2.24) is 5.32 Å². The van der Waals surface area contributed by atoms with Crippen molar-refractivity contribution < 1.29 is 13.9 Å². The van der Waals surface area contributed by atoms with Gasteiger partial charge in [-0.15, -0.1) is 0 Å². The highest BCUT2D eigenvalue weighted by Crippen LogP contribution is 2.25. The molecule has 0 amide bonds. The Balaban J connectivity index is 1.92. The first-order chi connectivity index (χ1) is 9.47. The average Bonchev–Trinajstić information content (AvgIpc) is 2.42. The standard InChI is InChI=1S/C16H23F2NO/c1-10-7-16(18)14(8-15(10)17)11(2)19-9-12-3-5-13(20)6-4-12/h7-8,11-13,19-20H,3-6,9H2,1-2H3. The molecule has 1 unspecified atom stereocenters. The summed E-state index contributed by atoms with van der Waals surface area (Å²) >= 11 is 0. The lowest BCUT2D eigenvalue weighted by Crippen LogP contribution is -2.30. The van der Waals surface area contributed by atoms with Crippen LogP contribution in [-0.2, 0) is 0 Å². The number of rotatable bonds is 4. The minimum Gasteiger partial charge on any atom is -0.393 e. The summed E-state index contributed by atoms with van der Waals surface area (Å²) in [7, 11) is 0. The number of nitrogens with one attached hydrogen (secondary N) is 1. The van der Waals surface area contributed by atoms with Gasteiger partial charge in [-0.05, 0) is 69.7 Å². The maximum absolute atomic E-state index is 13.9. The maximum atomic E-state index is 13.9. The van der Waals surface area contributed by atoms with E-state index in [9.17, 15) is 13.9 Å². The Morgan fingerprint density at radius 3 is 2.50 bits per heavy atom. The van der Waals surface area contributed by atoms with Gasteiger partial charge in [0.05, 0.1) is 6.10 Å². The van der Waals surface area contributed by atoms with Crippen LogP contribution in [0.1, 0.15) is 49.8 Å². The second-order valence-electron chi connectivity index (χ2n) is 5.93. The van der Waals surface area contributed by atoms with E-state index < -0.39 is 0 Å². The van der Waals surface area contributed by atoms with Crippen LogP contribution in [-0.4, -0.2) is 17.8 Å². The molecule has 0 bridgehead atoms. The zero-order valence-corrected chi connectivity index (χ0v) is 12.1. The second kappa shape index (κ2) is 6.64. The summed E-state index contributed by atoms with van der Waals surface area (Å²) in [4.78, 5) is 0. The molecule has 0 radical (unpaired) electrons. The van der Waals surface area contributed by atoms with E-state index in [0.29, 0.717) is 17.0 Å². The molecule has 1 aliphatic rings. The Kier molecular flexibility index (Phi) is 5.11. The first-order valence-corrected chi connectivity index (χ1v) is 7.34. The number of aliphatic hydroxyl groups excluding tert-OH is 1. The highest BCUT2D eigenvalue weighted by atomic mass is 19.1. The number of hydrogen-bond acceptors (Lipinski definition) is 2. The van der Waals surface area contributed by atoms with Crippen LogP contribution in [0.15, 0.2) is 12.1 Å². The van der Waals surface area contributed by atoms with Crippen LogP contribution in [0.5, 0.6) is 0 Å². The molecule has 2 rings (SSSR count). The van der Waals surface area contributed by atoms with Crippen LogP contribution >= 0.6 is 0 Å². The minimum atomic E-state index is -0.365. The molecular formula is C16H23F2NO. The van der Waals surface area contributed by atoms with Crippen molar-refractivity contribution in [3.8, 4) is 0 Å². The number of aliphatic hydroxyl groups is 1. The summed E-state index contributed by atoms with van der Waals surface area (Å²) < 4.78 is 27.4. The second-order valence-corrected chi connectivity index (χ2v) is 5.93. The van der Waals surface area contributed by atoms with Gasteiger partial charge in [0.25, 0.3) is 0 Å². The van der Waals surface area contributed by atoms with Crippen LogP contribution in [0.2, 0.25) is 0 Å². The third-order valence-corrected chi connectivity index (χ3v) is 4.27. The fourth-order valence-electron chi connectivity index (χ4n) is 2.80. The summed E-state index contributed by atoms with van der Waals surface area (Å²) in [5.41, 5.74) is 0.712. The third kappa shape index (κ3) is 3.76. The van der Waals surface area contributed by atoms with Crippen molar-refractivity contribution in [2.45, 2.75) is 51.7 Å². The lowest BCUT2D eigenvalue weighted by Gasteiger charge is -2.27. The Labute approximate surface area is 119 Å². The number of aryl methyl sites for hydroxylation is 1. The quantitative estimate of drug-likeness (QED) is 0.886. The lowest BCUT2D eigenvalue weighted by molar-refractivity contribution is 0.107. The van der Waals surface area contributed by atoms with Gasteiger partial charge in [-0.25, -0.2) is 8.78 Å². The van der Waals surface area contributed by atoms with E-state index >= 15 is 0 Å². The molecule has 0 heterocycles. The van der Waals surface area contributed by atoms with Gasteiger partial charge in [0.1, 0.15) is 11.6 Å². The van der Waals surface area contributed by atoms with Crippen molar-refractivity contribution >= 4 is 0 Å². The summed E-state index contributed by atoms with van der Waals surface area (Å²) in [6.07, 6.45) is 3.51. The van der Waals surface area contributed by atoms with Crippen molar-refractivity contribution in [3.05, 3.63) is 34.9 Å². The summed E-state index contributed by atoms with van der Waals surface area (Å²) in [5.74, 6) is -0.210. The molecular weight excluding hydrogens is 260 g/mol. The number of benzene rings is 1. The first kappa shape index (κ1) is 15.4. The molecule has 0 saturated heterocycles. The van der Waals surface area contributed by atoms with Gasteiger partial charge in [-0.1, -0.05) is 0 Å². The molecule has 1 saturated carbocycles. The van der Waals surface area contributed by atoms with E-state index in [4.69, 9.17) is 0 Å². The summed E-state index contributed by atoms with van der Waals surface area (Å²) in [6.45, 7) is 4.20. The lowest BCUT2D eigenvalue weighted by atomic mass is 9.87. The normalized spacial score (nSPS) is 24.6. The van der Waals surface area contributed by atoms with E-state index in [-0.39, 0.29) is 23.8 Å². The molecule has 1 aliphatic carbocycles. The Hall–Kier alpha value is -1.00. The Morgan fingerprint density at radius 2 is 1.85 bits per heavy atom. The van der Waals surface area contributed by atoms with Crippen molar-refractivity contribution in [2.24, 2.45) is 5.92 Å². The van der Waals surface area contributed by atoms with Crippen LogP contribution in [0.4, 0.5) is 8.78 Å². The van der Waals surface area contributed by atoms with Crippen LogP contribution in [0.25, 0.3) is 0 Å². The van der Waals surface area contributed by atoms with Crippen molar-refractivity contribution in [1.29, 1.82) is 0 Å².